The highest BCUT2D eigenvalue weighted by Gasteiger charge is 2.29. The molecule has 1 saturated heterocycles. The Morgan fingerprint density at radius 2 is 2.11 bits per heavy atom. The Morgan fingerprint density at radius 1 is 1.28 bits per heavy atom. The van der Waals surface area contributed by atoms with Gasteiger partial charge >= 0.3 is 0 Å². The Labute approximate surface area is 108 Å². The van der Waals surface area contributed by atoms with Gasteiger partial charge in [-0.2, -0.15) is 0 Å². The van der Waals surface area contributed by atoms with Crippen LogP contribution in [0.5, 0.6) is 0 Å². The van der Waals surface area contributed by atoms with E-state index < -0.39 is 0 Å². The fourth-order valence-electron chi connectivity index (χ4n) is 3.17. The van der Waals surface area contributed by atoms with Crippen molar-refractivity contribution in [3.05, 3.63) is 36.0 Å². The van der Waals surface area contributed by atoms with Crippen LogP contribution in [0.1, 0.15) is 24.4 Å². The fourth-order valence-corrected chi connectivity index (χ4v) is 3.17. The Hall–Kier alpha value is -1.32. The molecule has 0 amide bonds. The Morgan fingerprint density at radius 3 is 2.83 bits per heavy atom. The van der Waals surface area contributed by atoms with Gasteiger partial charge in [-0.3, -0.25) is 0 Å². The van der Waals surface area contributed by atoms with Gasteiger partial charge in [0, 0.05) is 23.1 Å². The molecule has 3 heteroatoms. The van der Waals surface area contributed by atoms with Gasteiger partial charge in [0.2, 0.25) is 0 Å². The van der Waals surface area contributed by atoms with Crippen LogP contribution in [0, 0.1) is 0 Å². The maximum Gasteiger partial charge on any atom is 0.0517 e. The van der Waals surface area contributed by atoms with E-state index in [1.54, 1.807) is 0 Å². The van der Waals surface area contributed by atoms with Gasteiger partial charge in [0.05, 0.1) is 6.04 Å². The molecule has 1 aliphatic heterocycles. The van der Waals surface area contributed by atoms with Gasteiger partial charge in [0.15, 0.2) is 0 Å². The van der Waals surface area contributed by atoms with Gasteiger partial charge in [0.25, 0.3) is 0 Å². The van der Waals surface area contributed by atoms with Crippen LogP contribution in [-0.2, 0) is 0 Å². The lowest BCUT2D eigenvalue weighted by Gasteiger charge is -2.30. The van der Waals surface area contributed by atoms with E-state index in [4.69, 9.17) is 0 Å². The van der Waals surface area contributed by atoms with Gasteiger partial charge in [0.1, 0.15) is 0 Å². The number of aromatic amines is 1. The van der Waals surface area contributed by atoms with Gasteiger partial charge in [-0.05, 0) is 45.1 Å². The fraction of sp³-hybridized carbons (Fsp3) is 0.467. The van der Waals surface area contributed by atoms with Crippen LogP contribution < -0.4 is 5.32 Å². The normalized spacial score (nSPS) is 21.8. The van der Waals surface area contributed by atoms with E-state index in [2.05, 4.69) is 59.8 Å². The second kappa shape index (κ2) is 4.75. The van der Waals surface area contributed by atoms with Crippen molar-refractivity contribution in [3.8, 4) is 0 Å². The first-order valence-corrected chi connectivity index (χ1v) is 6.73. The summed E-state index contributed by atoms with van der Waals surface area (Å²) in [6.07, 6.45) is 4.73. The minimum atomic E-state index is 0.448. The molecular formula is C15H21N3. The van der Waals surface area contributed by atoms with Crippen LogP contribution >= 0.6 is 0 Å². The maximum atomic E-state index is 3.64. The number of hydrogen-bond donors (Lipinski definition) is 2. The van der Waals surface area contributed by atoms with Crippen molar-refractivity contribution < 1.29 is 0 Å². The van der Waals surface area contributed by atoms with E-state index in [0.717, 1.165) is 6.54 Å². The number of benzene rings is 1. The van der Waals surface area contributed by atoms with Crippen LogP contribution in [0.3, 0.4) is 0 Å². The summed E-state index contributed by atoms with van der Waals surface area (Å²) in [5.74, 6) is 0. The summed E-state index contributed by atoms with van der Waals surface area (Å²) in [4.78, 5) is 5.72. The number of aromatic nitrogens is 1. The van der Waals surface area contributed by atoms with Crippen LogP contribution in [0.15, 0.2) is 30.5 Å². The standard InChI is InChI=1S/C15H21N3/c1-18(2)15(14-8-5-9-16-14)12-10-17-13-7-4-3-6-11(12)13/h3-4,6-7,10,14-17H,5,8-9H2,1-2H3. The second-order valence-electron chi connectivity index (χ2n) is 5.40. The summed E-state index contributed by atoms with van der Waals surface area (Å²) >= 11 is 0. The molecule has 0 bridgehead atoms. The number of hydrogen-bond acceptors (Lipinski definition) is 2. The molecular weight excluding hydrogens is 222 g/mol. The molecule has 1 aromatic carbocycles. The first-order chi connectivity index (χ1) is 8.77. The zero-order chi connectivity index (χ0) is 12.5. The van der Waals surface area contributed by atoms with E-state index >= 15 is 0 Å². The molecule has 0 aliphatic carbocycles. The highest BCUT2D eigenvalue weighted by atomic mass is 15.1. The quantitative estimate of drug-likeness (QED) is 0.868. The van der Waals surface area contributed by atoms with Gasteiger partial charge in [-0.15, -0.1) is 0 Å². The lowest BCUT2D eigenvalue weighted by Crippen LogP contribution is -2.37. The van der Waals surface area contributed by atoms with E-state index in [1.165, 1.54) is 29.3 Å². The molecule has 1 aliphatic rings. The van der Waals surface area contributed by atoms with Crippen molar-refractivity contribution >= 4 is 10.9 Å². The molecule has 3 rings (SSSR count). The van der Waals surface area contributed by atoms with Crippen molar-refractivity contribution in [1.82, 2.24) is 15.2 Å². The second-order valence-corrected chi connectivity index (χ2v) is 5.40. The van der Waals surface area contributed by atoms with Crippen LogP contribution in [0.25, 0.3) is 10.9 Å². The minimum absolute atomic E-state index is 0.448. The summed E-state index contributed by atoms with van der Waals surface area (Å²) in [5.41, 5.74) is 2.65. The van der Waals surface area contributed by atoms with E-state index in [9.17, 15) is 0 Å². The van der Waals surface area contributed by atoms with Crippen LogP contribution in [0.2, 0.25) is 0 Å². The number of H-pyrrole nitrogens is 1. The first kappa shape index (κ1) is 11.8. The van der Waals surface area contributed by atoms with Gasteiger partial charge in [-0.1, -0.05) is 18.2 Å². The average Bonchev–Trinajstić information content (AvgIpc) is 3.00. The molecule has 2 heterocycles. The number of nitrogens with zero attached hydrogens (tertiary/aromatic N) is 1. The maximum absolute atomic E-state index is 3.64. The molecule has 1 aromatic heterocycles. The summed E-state index contributed by atoms with van der Waals surface area (Å²) in [6, 6.07) is 9.58. The molecule has 2 N–H and O–H groups in total. The summed E-state index contributed by atoms with van der Waals surface area (Å²) in [7, 11) is 4.35. The molecule has 0 saturated carbocycles. The number of para-hydroxylation sites is 1. The summed E-state index contributed by atoms with van der Waals surface area (Å²) in [6.45, 7) is 1.15. The number of likely N-dealkylation sites (N-methyl/N-ethyl adjacent to an activating group) is 1. The number of nitrogens with one attached hydrogen (secondary N) is 2. The third-order valence-corrected chi connectivity index (χ3v) is 3.98. The van der Waals surface area contributed by atoms with Crippen molar-refractivity contribution in [1.29, 1.82) is 0 Å². The van der Waals surface area contributed by atoms with Crippen molar-refractivity contribution in [2.75, 3.05) is 20.6 Å². The van der Waals surface area contributed by atoms with E-state index in [0.29, 0.717) is 12.1 Å². The van der Waals surface area contributed by atoms with Crippen molar-refractivity contribution in [2.24, 2.45) is 0 Å². The van der Waals surface area contributed by atoms with Crippen LogP contribution in [-0.4, -0.2) is 36.6 Å². The first-order valence-electron chi connectivity index (χ1n) is 6.73. The molecule has 18 heavy (non-hydrogen) atoms. The SMILES string of the molecule is CN(C)C(c1c[nH]c2ccccc12)C1CCCN1. The van der Waals surface area contributed by atoms with Crippen molar-refractivity contribution in [2.45, 2.75) is 24.9 Å². The third kappa shape index (κ3) is 1.93. The molecule has 2 unspecified atom stereocenters. The monoisotopic (exact) mass is 243 g/mol. The molecule has 2 aromatic rings. The third-order valence-electron chi connectivity index (χ3n) is 3.98. The topological polar surface area (TPSA) is 31.1 Å². The minimum Gasteiger partial charge on any atom is -0.361 e. The Balaban J connectivity index is 2.03. The summed E-state index contributed by atoms with van der Waals surface area (Å²) in [5, 5.41) is 4.99. The lowest BCUT2D eigenvalue weighted by molar-refractivity contribution is 0.246. The molecule has 3 nitrogen and oxygen atoms in total. The largest absolute Gasteiger partial charge is 0.361 e. The predicted octanol–water partition coefficient (Wildman–Crippen LogP) is 2.52. The zero-order valence-corrected chi connectivity index (χ0v) is 11.1. The average molecular weight is 243 g/mol. The highest BCUT2D eigenvalue weighted by molar-refractivity contribution is 5.83. The molecule has 1 fully saturated rings. The molecule has 2 atom stereocenters. The number of fused-ring (bicyclic) bond motifs is 1. The molecule has 0 spiro atoms. The summed E-state index contributed by atoms with van der Waals surface area (Å²) < 4.78 is 0. The lowest BCUT2D eigenvalue weighted by atomic mass is 9.96. The smallest absolute Gasteiger partial charge is 0.0517 e. The van der Waals surface area contributed by atoms with E-state index in [-0.39, 0.29) is 0 Å². The Bertz CT molecular complexity index is 523. The van der Waals surface area contributed by atoms with Crippen LogP contribution in [0.4, 0.5) is 0 Å². The molecule has 96 valence electrons. The van der Waals surface area contributed by atoms with Gasteiger partial charge < -0.3 is 15.2 Å². The zero-order valence-electron chi connectivity index (χ0n) is 11.1. The van der Waals surface area contributed by atoms with Crippen molar-refractivity contribution in [3.63, 3.8) is 0 Å². The molecule has 0 radical (unpaired) electrons. The predicted molar refractivity (Wildman–Crippen MR) is 75.8 cm³/mol. The highest BCUT2D eigenvalue weighted by Crippen LogP contribution is 2.32. The van der Waals surface area contributed by atoms with Gasteiger partial charge in [-0.25, -0.2) is 0 Å². The number of rotatable bonds is 3. The van der Waals surface area contributed by atoms with E-state index in [1.807, 2.05) is 0 Å². The Kier molecular flexibility index (Phi) is 3.10.